The summed E-state index contributed by atoms with van der Waals surface area (Å²) < 4.78 is 86.2. The number of amides is 5. The van der Waals surface area contributed by atoms with E-state index in [1.54, 1.807) is 12.1 Å². The number of halogens is 4. The van der Waals surface area contributed by atoms with Gasteiger partial charge in [-0.15, -0.1) is 0 Å². The number of ether oxygens (including phenoxy) is 1. The van der Waals surface area contributed by atoms with Crippen molar-refractivity contribution < 1.29 is 54.7 Å². The van der Waals surface area contributed by atoms with Gasteiger partial charge in [-0.05, 0) is 50.2 Å². The molecule has 0 spiro atoms. The van der Waals surface area contributed by atoms with Crippen molar-refractivity contribution in [2.24, 2.45) is 5.92 Å². The number of rotatable bonds is 7. The second kappa shape index (κ2) is 14.7. The van der Waals surface area contributed by atoms with Crippen molar-refractivity contribution in [2.45, 2.75) is 119 Å². The highest BCUT2D eigenvalue weighted by Gasteiger charge is 2.62. The van der Waals surface area contributed by atoms with Crippen molar-refractivity contribution in [1.82, 2.24) is 25.2 Å². The van der Waals surface area contributed by atoms with Crippen LogP contribution >= 0.6 is 0 Å². The maximum Gasteiger partial charge on any atom is 0.410 e. The van der Waals surface area contributed by atoms with E-state index in [-0.39, 0.29) is 38.9 Å². The summed E-state index contributed by atoms with van der Waals surface area (Å²) >= 11 is 0. The number of carbonyl (C=O) groups excluding carboxylic acids is 5. The Balaban J connectivity index is 1.24. The number of nitrogens with one attached hydrogen (secondary N) is 3. The first-order chi connectivity index (χ1) is 24.6. The van der Waals surface area contributed by atoms with Gasteiger partial charge in [0.15, 0.2) is 0 Å². The Bertz CT molecular complexity index is 1750. The highest BCUT2D eigenvalue weighted by atomic mass is 32.2. The molecule has 18 heteroatoms. The van der Waals surface area contributed by atoms with E-state index in [0.29, 0.717) is 49.7 Å². The maximum absolute atomic E-state index is 14.4. The molecule has 5 aliphatic rings. The third-order valence-corrected chi connectivity index (χ3v) is 12.1. The number of sulfonamides is 1. The molecule has 2 aliphatic carbocycles. The normalized spacial score (nSPS) is 28.7. The van der Waals surface area contributed by atoms with Gasteiger partial charge in [0.05, 0.1) is 24.8 Å². The van der Waals surface area contributed by atoms with Gasteiger partial charge in [0.2, 0.25) is 27.7 Å². The fourth-order valence-corrected chi connectivity index (χ4v) is 8.46. The summed E-state index contributed by atoms with van der Waals surface area (Å²) in [5.41, 5.74) is -0.719. The van der Waals surface area contributed by atoms with Crippen LogP contribution in [-0.4, -0.2) is 89.6 Å². The van der Waals surface area contributed by atoms with E-state index < -0.39 is 99.5 Å². The molecule has 3 aliphatic heterocycles. The van der Waals surface area contributed by atoms with E-state index in [2.05, 4.69) is 15.4 Å². The van der Waals surface area contributed by atoms with E-state index in [9.17, 15) is 50.0 Å². The predicted octanol–water partition coefficient (Wildman–Crippen LogP) is 3.08. The van der Waals surface area contributed by atoms with Gasteiger partial charge in [0.25, 0.3) is 5.91 Å². The average molecular weight is 756 g/mol. The molecule has 3 N–H and O–H groups in total. The monoisotopic (exact) mass is 755 g/mol. The number of fused-ring (bicyclic) bond motifs is 3. The summed E-state index contributed by atoms with van der Waals surface area (Å²) in [4.78, 5) is 70.0. The van der Waals surface area contributed by atoms with Crippen molar-refractivity contribution in [3.63, 3.8) is 0 Å². The molecule has 0 radical (unpaired) electrons. The Hall–Kier alpha value is -4.22. The van der Waals surface area contributed by atoms with E-state index in [1.165, 1.54) is 17.0 Å². The van der Waals surface area contributed by atoms with Crippen LogP contribution in [0.15, 0.2) is 30.4 Å². The number of carbonyl (C=O) groups is 5. The van der Waals surface area contributed by atoms with Crippen molar-refractivity contribution in [3.05, 3.63) is 47.3 Å². The second-order valence-electron chi connectivity index (χ2n) is 14.2. The fraction of sp³-hybridized carbons (Fsp3) is 0.618. The van der Waals surface area contributed by atoms with Crippen LogP contribution < -0.4 is 15.4 Å². The molecule has 1 aromatic carbocycles. The zero-order valence-electron chi connectivity index (χ0n) is 28.3. The maximum atomic E-state index is 14.4. The Labute approximate surface area is 297 Å². The van der Waals surface area contributed by atoms with Crippen LogP contribution in [0.3, 0.4) is 0 Å². The van der Waals surface area contributed by atoms with Gasteiger partial charge in [0.1, 0.15) is 29.5 Å². The number of hydrogen-bond donors (Lipinski definition) is 3. The lowest BCUT2D eigenvalue weighted by Crippen LogP contribution is -2.58. The first kappa shape index (κ1) is 37.5. The average Bonchev–Trinajstić information content (AvgIpc) is 3.96. The van der Waals surface area contributed by atoms with Crippen LogP contribution in [0.2, 0.25) is 0 Å². The molecule has 13 nitrogen and oxygen atoms in total. The SMILES string of the molecule is O=C(CCC(F)(F)F)N[C@H]1CCCCC/C=C\[C@H]2C[C@@]2(C(=O)NS(=O)(=O)C2CC2)NC(=O)C2C[C@@H](OC(=O)N3Cc4cccc(F)c4C3)CN2C1=O. The van der Waals surface area contributed by atoms with E-state index in [1.807, 2.05) is 6.08 Å². The summed E-state index contributed by atoms with van der Waals surface area (Å²) in [5.74, 6) is -4.58. The smallest absolute Gasteiger partial charge is 0.410 e. The molecule has 6 rings (SSSR count). The molecule has 3 fully saturated rings. The van der Waals surface area contributed by atoms with Gasteiger partial charge in [-0.3, -0.25) is 28.8 Å². The molecule has 5 atom stereocenters. The third-order valence-electron chi connectivity index (χ3n) is 10.3. The van der Waals surface area contributed by atoms with Crippen LogP contribution in [-0.2, 0) is 47.0 Å². The van der Waals surface area contributed by atoms with Gasteiger partial charge in [-0.2, -0.15) is 13.2 Å². The van der Waals surface area contributed by atoms with Crippen LogP contribution in [0.5, 0.6) is 0 Å². The van der Waals surface area contributed by atoms with Crippen LogP contribution in [0.25, 0.3) is 0 Å². The molecule has 5 amide bonds. The van der Waals surface area contributed by atoms with E-state index >= 15 is 0 Å². The molecule has 0 aromatic heterocycles. The molecule has 3 heterocycles. The summed E-state index contributed by atoms with van der Waals surface area (Å²) in [7, 11) is -3.98. The second-order valence-corrected chi connectivity index (χ2v) is 16.2. The fourth-order valence-electron chi connectivity index (χ4n) is 7.10. The molecular formula is C34H41F4N5O8S. The Morgan fingerprint density at radius 2 is 1.83 bits per heavy atom. The summed E-state index contributed by atoms with van der Waals surface area (Å²) in [6.45, 7) is -0.332. The van der Waals surface area contributed by atoms with Gasteiger partial charge in [-0.25, -0.2) is 17.6 Å². The molecule has 284 valence electrons. The third kappa shape index (κ3) is 8.52. The lowest BCUT2D eigenvalue weighted by molar-refractivity contribution is -0.146. The molecule has 52 heavy (non-hydrogen) atoms. The first-order valence-electron chi connectivity index (χ1n) is 17.5. The number of benzene rings is 1. The number of hydrogen-bond acceptors (Lipinski definition) is 8. The Morgan fingerprint density at radius 1 is 1.06 bits per heavy atom. The van der Waals surface area contributed by atoms with Crippen LogP contribution in [0.1, 0.15) is 81.8 Å². The highest BCUT2D eigenvalue weighted by molar-refractivity contribution is 7.91. The molecule has 1 unspecified atom stereocenters. The molecule has 1 saturated heterocycles. The highest BCUT2D eigenvalue weighted by Crippen LogP contribution is 2.46. The van der Waals surface area contributed by atoms with Gasteiger partial charge in [-0.1, -0.05) is 37.1 Å². The number of alkyl halides is 3. The minimum atomic E-state index is -4.60. The minimum absolute atomic E-state index is 0.0567. The van der Waals surface area contributed by atoms with Crippen molar-refractivity contribution in [2.75, 3.05) is 6.54 Å². The summed E-state index contributed by atoms with van der Waals surface area (Å²) in [6, 6.07) is 1.78. The predicted molar refractivity (Wildman–Crippen MR) is 175 cm³/mol. The standard InChI is InChI=1S/C34H41F4N5O8S/c35-25-9-6-7-20-17-42(19-24(20)25)32(48)51-22-15-27-29(45)40-33(31(47)41-52(49,50)23-11-12-23)16-21(33)8-4-2-1-3-5-10-26(30(46)43(27)18-22)39-28(44)13-14-34(36,37)38/h4,6-9,21-23,26-27H,1-3,5,10-19H2,(H,39,44)(H,40,45)(H,41,47)/b8-4-/t21-,22+,26-,27?,33+/m0/s1. The molecule has 0 bridgehead atoms. The molecule has 2 saturated carbocycles. The summed E-state index contributed by atoms with van der Waals surface area (Å²) in [5, 5.41) is 4.38. The topological polar surface area (TPSA) is 171 Å². The Morgan fingerprint density at radius 3 is 2.54 bits per heavy atom. The van der Waals surface area contributed by atoms with E-state index in [4.69, 9.17) is 4.74 Å². The quantitative estimate of drug-likeness (QED) is 0.282. The van der Waals surface area contributed by atoms with Gasteiger partial charge >= 0.3 is 12.3 Å². The first-order valence-corrected chi connectivity index (χ1v) is 19.0. The largest absolute Gasteiger partial charge is 0.444 e. The lowest BCUT2D eigenvalue weighted by Gasteiger charge is -2.30. The zero-order chi connectivity index (χ0) is 37.4. The molecular weight excluding hydrogens is 714 g/mol. The van der Waals surface area contributed by atoms with Crippen LogP contribution in [0, 0.1) is 11.7 Å². The number of nitrogens with zero attached hydrogens (tertiary/aromatic N) is 2. The van der Waals surface area contributed by atoms with E-state index in [0.717, 1.165) is 4.90 Å². The van der Waals surface area contributed by atoms with Crippen molar-refractivity contribution >= 4 is 39.7 Å². The number of allylic oxidation sites excluding steroid dienone is 1. The lowest BCUT2D eigenvalue weighted by atomic mass is 10.0. The molecule has 1 aromatic rings. The van der Waals surface area contributed by atoms with Gasteiger partial charge < -0.3 is 20.3 Å². The zero-order valence-corrected chi connectivity index (χ0v) is 29.1. The van der Waals surface area contributed by atoms with Crippen LogP contribution in [0.4, 0.5) is 22.4 Å². The van der Waals surface area contributed by atoms with Gasteiger partial charge in [0, 0.05) is 30.9 Å². The van der Waals surface area contributed by atoms with Crippen molar-refractivity contribution in [1.29, 1.82) is 0 Å². The minimum Gasteiger partial charge on any atom is -0.444 e. The Kier molecular flexibility index (Phi) is 10.6. The summed E-state index contributed by atoms with van der Waals surface area (Å²) in [6.07, 6.45) is -2.35. The van der Waals surface area contributed by atoms with Crippen molar-refractivity contribution in [3.8, 4) is 0 Å².